The van der Waals surface area contributed by atoms with Crippen LogP contribution in [-0.2, 0) is 9.53 Å². The molecule has 0 bridgehead atoms. The van der Waals surface area contributed by atoms with Gasteiger partial charge in [0.15, 0.2) is 0 Å². The third-order valence-electron chi connectivity index (χ3n) is 6.27. The summed E-state index contributed by atoms with van der Waals surface area (Å²) in [6, 6.07) is 17.2. The molecule has 4 rings (SSSR count). The zero-order chi connectivity index (χ0) is 27.4. The third-order valence-corrected chi connectivity index (χ3v) is 6.84. The van der Waals surface area contributed by atoms with E-state index in [2.05, 4.69) is 5.32 Å². The van der Waals surface area contributed by atoms with Gasteiger partial charge in [0, 0.05) is 28.4 Å². The minimum Gasteiger partial charge on any atom is -0.456 e. The van der Waals surface area contributed by atoms with Gasteiger partial charge in [0.1, 0.15) is 6.10 Å². The fourth-order valence-electron chi connectivity index (χ4n) is 4.50. The predicted molar refractivity (Wildman–Crippen MR) is 150 cm³/mol. The van der Waals surface area contributed by atoms with Crippen LogP contribution in [0.5, 0.6) is 0 Å². The van der Waals surface area contributed by atoms with Crippen molar-refractivity contribution in [3.8, 4) is 0 Å². The molecule has 198 valence electrons. The molecule has 0 radical (unpaired) electrons. The molecule has 1 N–H and O–H groups in total. The largest absolute Gasteiger partial charge is 0.456 e. The number of likely N-dealkylation sites (N-methyl/N-ethyl adjacent to an activating group) is 1. The minimum atomic E-state index is -0.502. The van der Waals surface area contributed by atoms with Crippen LogP contribution in [0.1, 0.15) is 50.8 Å². The molecule has 3 aromatic rings. The molecule has 3 aromatic carbocycles. The molecule has 0 saturated carbocycles. The zero-order valence-corrected chi connectivity index (χ0v) is 23.0. The van der Waals surface area contributed by atoms with Crippen molar-refractivity contribution in [2.45, 2.75) is 25.9 Å². The number of nitrogens with one attached hydrogen (secondary N) is 1. The number of hydrogen-bond acceptors (Lipinski definition) is 5. The standard InChI is InChI=1S/C29H29Cl2N3O4/c1-18-15-20(32-28(36)22-7-4-5-8-24(22)31)11-12-21(18)29(37)34-14-6-9-26(38-27(35)17-33(2)3)23-16-19(30)10-13-25(23)34/h4-5,7-8,10-13,15-16,26H,6,9,14,17H2,1-3H3,(H,32,36). The van der Waals surface area contributed by atoms with Gasteiger partial charge in [0.25, 0.3) is 11.8 Å². The molecule has 2 amide bonds. The molecule has 7 nitrogen and oxygen atoms in total. The number of carbonyl (C=O) groups excluding carboxylic acids is 3. The second kappa shape index (κ2) is 12.0. The summed E-state index contributed by atoms with van der Waals surface area (Å²) < 4.78 is 5.79. The summed E-state index contributed by atoms with van der Waals surface area (Å²) >= 11 is 12.4. The number of rotatable bonds is 6. The number of benzene rings is 3. The van der Waals surface area contributed by atoms with Gasteiger partial charge in [-0.15, -0.1) is 0 Å². The Morgan fingerprint density at radius 1 is 1.03 bits per heavy atom. The van der Waals surface area contributed by atoms with Gasteiger partial charge >= 0.3 is 5.97 Å². The second-order valence-electron chi connectivity index (χ2n) is 9.48. The van der Waals surface area contributed by atoms with E-state index in [0.29, 0.717) is 63.1 Å². The number of ether oxygens (including phenoxy) is 1. The van der Waals surface area contributed by atoms with Crippen molar-refractivity contribution < 1.29 is 19.1 Å². The Labute approximate surface area is 232 Å². The number of carbonyl (C=O) groups is 3. The lowest BCUT2D eigenvalue weighted by molar-refractivity contribution is -0.150. The van der Waals surface area contributed by atoms with Gasteiger partial charge in [-0.2, -0.15) is 0 Å². The molecule has 0 aromatic heterocycles. The van der Waals surface area contributed by atoms with E-state index in [0.717, 1.165) is 0 Å². The van der Waals surface area contributed by atoms with Crippen LogP contribution < -0.4 is 10.2 Å². The van der Waals surface area contributed by atoms with Crippen LogP contribution in [0, 0.1) is 6.92 Å². The van der Waals surface area contributed by atoms with Crippen molar-refractivity contribution in [3.05, 3.63) is 93.0 Å². The normalized spacial score (nSPS) is 15.0. The number of aryl methyl sites for hydroxylation is 1. The monoisotopic (exact) mass is 553 g/mol. The van der Waals surface area contributed by atoms with Crippen LogP contribution in [0.2, 0.25) is 10.0 Å². The van der Waals surface area contributed by atoms with Crippen molar-refractivity contribution in [1.82, 2.24) is 4.90 Å². The smallest absolute Gasteiger partial charge is 0.320 e. The van der Waals surface area contributed by atoms with E-state index in [1.165, 1.54) is 0 Å². The number of nitrogens with zero attached hydrogens (tertiary/aromatic N) is 2. The van der Waals surface area contributed by atoms with E-state index in [4.69, 9.17) is 27.9 Å². The molecule has 38 heavy (non-hydrogen) atoms. The van der Waals surface area contributed by atoms with Crippen LogP contribution in [-0.4, -0.2) is 49.9 Å². The summed E-state index contributed by atoms with van der Waals surface area (Å²) in [7, 11) is 3.60. The molecule has 0 spiro atoms. The number of hydrogen-bond donors (Lipinski definition) is 1. The Morgan fingerprint density at radius 3 is 2.50 bits per heavy atom. The van der Waals surface area contributed by atoms with E-state index in [1.54, 1.807) is 84.6 Å². The van der Waals surface area contributed by atoms with Crippen molar-refractivity contribution in [3.63, 3.8) is 0 Å². The fourth-order valence-corrected chi connectivity index (χ4v) is 4.90. The number of halogens is 2. The second-order valence-corrected chi connectivity index (χ2v) is 10.3. The van der Waals surface area contributed by atoms with Gasteiger partial charge in [0.2, 0.25) is 0 Å². The van der Waals surface area contributed by atoms with Crippen molar-refractivity contribution in [2.75, 3.05) is 37.4 Å². The highest BCUT2D eigenvalue weighted by molar-refractivity contribution is 6.34. The highest BCUT2D eigenvalue weighted by Crippen LogP contribution is 2.38. The Kier molecular flexibility index (Phi) is 8.72. The first-order valence-electron chi connectivity index (χ1n) is 12.3. The van der Waals surface area contributed by atoms with Gasteiger partial charge in [-0.1, -0.05) is 35.3 Å². The van der Waals surface area contributed by atoms with Crippen molar-refractivity contribution >= 4 is 52.4 Å². The SMILES string of the molecule is Cc1cc(NC(=O)c2ccccc2Cl)ccc1C(=O)N1CCCC(OC(=O)CN(C)C)c2cc(Cl)ccc21. The Hall–Kier alpha value is -3.39. The summed E-state index contributed by atoms with van der Waals surface area (Å²) in [5, 5.41) is 3.70. The lowest BCUT2D eigenvalue weighted by atomic mass is 10.0. The van der Waals surface area contributed by atoms with E-state index >= 15 is 0 Å². The van der Waals surface area contributed by atoms with Crippen molar-refractivity contribution in [1.29, 1.82) is 0 Å². The Bertz CT molecular complexity index is 1380. The average Bonchev–Trinajstić information content (AvgIpc) is 3.02. The maximum absolute atomic E-state index is 13.8. The summed E-state index contributed by atoms with van der Waals surface area (Å²) in [6.07, 6.45) is 0.711. The maximum Gasteiger partial charge on any atom is 0.320 e. The first-order valence-corrected chi connectivity index (χ1v) is 13.0. The lowest BCUT2D eigenvalue weighted by Crippen LogP contribution is -2.32. The summed E-state index contributed by atoms with van der Waals surface area (Å²) in [5.41, 5.74) is 3.50. The summed E-state index contributed by atoms with van der Waals surface area (Å²) in [4.78, 5) is 42.3. The van der Waals surface area contributed by atoms with E-state index < -0.39 is 6.10 Å². The predicted octanol–water partition coefficient (Wildman–Crippen LogP) is 6.14. The Morgan fingerprint density at radius 2 is 1.79 bits per heavy atom. The molecular weight excluding hydrogens is 525 g/mol. The van der Waals surface area contributed by atoms with Crippen LogP contribution in [0.25, 0.3) is 0 Å². The fraction of sp³-hybridized carbons (Fsp3) is 0.276. The van der Waals surface area contributed by atoms with Gasteiger partial charge < -0.3 is 15.0 Å². The zero-order valence-electron chi connectivity index (χ0n) is 21.5. The highest BCUT2D eigenvalue weighted by atomic mass is 35.5. The Balaban J connectivity index is 1.58. The van der Waals surface area contributed by atoms with E-state index in [-0.39, 0.29) is 24.3 Å². The summed E-state index contributed by atoms with van der Waals surface area (Å²) in [5.74, 6) is -0.853. The number of anilines is 2. The molecule has 9 heteroatoms. The molecule has 0 saturated heterocycles. The highest BCUT2D eigenvalue weighted by Gasteiger charge is 2.30. The molecule has 1 aliphatic rings. The third kappa shape index (κ3) is 6.35. The lowest BCUT2D eigenvalue weighted by Gasteiger charge is -2.25. The van der Waals surface area contributed by atoms with Crippen LogP contribution in [0.4, 0.5) is 11.4 Å². The first kappa shape index (κ1) is 27.6. The molecule has 0 fully saturated rings. The average molecular weight is 554 g/mol. The molecule has 1 aliphatic heterocycles. The number of fused-ring (bicyclic) bond motifs is 1. The first-order chi connectivity index (χ1) is 18.1. The maximum atomic E-state index is 13.8. The van der Waals surface area contributed by atoms with E-state index in [1.807, 2.05) is 6.92 Å². The molecular formula is C29H29Cl2N3O4. The summed E-state index contributed by atoms with van der Waals surface area (Å²) in [6.45, 7) is 2.44. The molecule has 1 heterocycles. The molecule has 1 atom stereocenters. The molecule has 1 unspecified atom stereocenters. The van der Waals surface area contributed by atoms with Gasteiger partial charge in [0.05, 0.1) is 22.8 Å². The van der Waals surface area contributed by atoms with E-state index in [9.17, 15) is 14.4 Å². The number of amides is 2. The van der Waals surface area contributed by atoms with Gasteiger partial charge in [-0.05, 0) is 88.0 Å². The van der Waals surface area contributed by atoms with Crippen LogP contribution in [0.15, 0.2) is 60.7 Å². The van der Waals surface area contributed by atoms with Gasteiger partial charge in [-0.3, -0.25) is 19.3 Å². The topological polar surface area (TPSA) is 79.0 Å². The quantitative estimate of drug-likeness (QED) is 0.371. The minimum absolute atomic E-state index is 0.160. The van der Waals surface area contributed by atoms with Crippen molar-refractivity contribution in [2.24, 2.45) is 0 Å². The number of esters is 1. The van der Waals surface area contributed by atoms with Gasteiger partial charge in [-0.25, -0.2) is 0 Å². The molecule has 0 aliphatic carbocycles. The van der Waals surface area contributed by atoms with Crippen LogP contribution >= 0.6 is 23.2 Å². The van der Waals surface area contributed by atoms with Crippen LogP contribution in [0.3, 0.4) is 0 Å².